The number of fused-ring (bicyclic) bond motifs is 1. The first-order chi connectivity index (χ1) is 6.03. The molecule has 2 fully saturated rings. The second-order valence-electron chi connectivity index (χ2n) is 3.65. The van der Waals surface area contributed by atoms with Gasteiger partial charge >= 0.3 is 0 Å². The zero-order chi connectivity index (χ0) is 9.64. The van der Waals surface area contributed by atoms with E-state index in [0.717, 1.165) is 0 Å². The molecule has 4 atom stereocenters. The van der Waals surface area contributed by atoms with Gasteiger partial charge in [-0.2, -0.15) is 0 Å². The van der Waals surface area contributed by atoms with Crippen LogP contribution in [-0.2, 0) is 19.0 Å². The highest BCUT2D eigenvalue weighted by atomic mass is 19.1. The zero-order valence-corrected chi connectivity index (χ0v) is 7.40. The summed E-state index contributed by atoms with van der Waals surface area (Å²) < 4.78 is 28.8. The zero-order valence-electron chi connectivity index (χ0n) is 7.40. The van der Waals surface area contributed by atoms with Gasteiger partial charge < -0.3 is 19.0 Å². The molecule has 74 valence electrons. The van der Waals surface area contributed by atoms with E-state index in [0.29, 0.717) is 6.29 Å². The van der Waals surface area contributed by atoms with Crippen molar-refractivity contribution >= 4 is 6.29 Å². The van der Waals surface area contributed by atoms with E-state index in [1.54, 1.807) is 13.8 Å². The third kappa shape index (κ3) is 1.37. The monoisotopic (exact) mass is 190 g/mol. The van der Waals surface area contributed by atoms with Crippen LogP contribution in [0.1, 0.15) is 13.8 Å². The van der Waals surface area contributed by atoms with E-state index >= 15 is 0 Å². The molecule has 2 aliphatic rings. The molecule has 0 aromatic carbocycles. The normalized spacial score (nSPS) is 47.6. The van der Waals surface area contributed by atoms with Crippen molar-refractivity contribution < 1.29 is 23.4 Å². The molecule has 13 heavy (non-hydrogen) atoms. The fourth-order valence-electron chi connectivity index (χ4n) is 1.60. The lowest BCUT2D eigenvalue weighted by Gasteiger charge is -2.19. The number of hydrogen-bond donors (Lipinski definition) is 0. The highest BCUT2D eigenvalue weighted by Crippen LogP contribution is 2.37. The maximum atomic E-state index is 13.3. The van der Waals surface area contributed by atoms with Crippen molar-refractivity contribution in [2.75, 3.05) is 0 Å². The Morgan fingerprint density at radius 2 is 2.08 bits per heavy atom. The molecule has 2 aliphatic heterocycles. The lowest BCUT2D eigenvalue weighted by Crippen LogP contribution is -2.32. The molecular weight excluding hydrogens is 179 g/mol. The van der Waals surface area contributed by atoms with E-state index in [1.165, 1.54) is 0 Å². The Morgan fingerprint density at radius 1 is 1.38 bits per heavy atom. The van der Waals surface area contributed by atoms with E-state index in [4.69, 9.17) is 14.2 Å². The number of alkyl halides is 1. The molecule has 0 radical (unpaired) electrons. The summed E-state index contributed by atoms with van der Waals surface area (Å²) in [6.07, 6.45) is -3.57. The van der Waals surface area contributed by atoms with Gasteiger partial charge in [-0.1, -0.05) is 0 Å². The molecule has 4 nitrogen and oxygen atoms in total. The molecular formula is C8H11FO4. The number of carbonyl (C=O) groups is 1. The Kier molecular flexibility index (Phi) is 1.90. The van der Waals surface area contributed by atoms with Crippen LogP contribution < -0.4 is 0 Å². The molecule has 0 N–H and O–H groups in total. The molecule has 0 spiro atoms. The van der Waals surface area contributed by atoms with Crippen molar-refractivity contribution in [1.82, 2.24) is 0 Å². The Hall–Kier alpha value is -0.520. The number of halogens is 1. The van der Waals surface area contributed by atoms with Gasteiger partial charge in [-0.25, -0.2) is 4.39 Å². The average Bonchev–Trinajstić information content (AvgIpc) is 2.47. The molecule has 0 bridgehead atoms. The first kappa shape index (κ1) is 9.05. The molecule has 0 aliphatic carbocycles. The van der Waals surface area contributed by atoms with Crippen molar-refractivity contribution in [1.29, 1.82) is 0 Å². The number of hydrogen-bond acceptors (Lipinski definition) is 4. The maximum absolute atomic E-state index is 13.3. The van der Waals surface area contributed by atoms with Gasteiger partial charge in [-0.15, -0.1) is 0 Å². The number of ether oxygens (including phenoxy) is 3. The topological polar surface area (TPSA) is 44.8 Å². The van der Waals surface area contributed by atoms with Crippen molar-refractivity contribution in [3.8, 4) is 0 Å². The van der Waals surface area contributed by atoms with Crippen LogP contribution in [0.5, 0.6) is 0 Å². The fraction of sp³-hybridized carbons (Fsp3) is 0.875. The van der Waals surface area contributed by atoms with E-state index in [-0.39, 0.29) is 0 Å². The summed E-state index contributed by atoms with van der Waals surface area (Å²) in [6, 6.07) is 0. The van der Waals surface area contributed by atoms with Crippen molar-refractivity contribution in [2.24, 2.45) is 0 Å². The number of rotatable bonds is 1. The molecule has 0 aromatic rings. The summed E-state index contributed by atoms with van der Waals surface area (Å²) in [6.45, 7) is 3.36. The summed E-state index contributed by atoms with van der Waals surface area (Å²) in [5.74, 6) is -0.826. The Morgan fingerprint density at radius 3 is 2.62 bits per heavy atom. The van der Waals surface area contributed by atoms with Crippen LogP contribution in [0.3, 0.4) is 0 Å². The molecule has 5 heteroatoms. The Bertz CT molecular complexity index is 230. The smallest absolute Gasteiger partial charge is 0.191 e. The van der Waals surface area contributed by atoms with Crippen LogP contribution >= 0.6 is 0 Å². The molecule has 2 saturated heterocycles. The highest BCUT2D eigenvalue weighted by Gasteiger charge is 2.55. The highest BCUT2D eigenvalue weighted by molar-refractivity contribution is 5.58. The Balaban J connectivity index is 2.11. The van der Waals surface area contributed by atoms with E-state index in [9.17, 15) is 9.18 Å². The first-order valence-corrected chi connectivity index (χ1v) is 4.14. The van der Waals surface area contributed by atoms with Crippen LogP contribution in [0.4, 0.5) is 4.39 Å². The minimum absolute atomic E-state index is 0.433. The van der Waals surface area contributed by atoms with E-state index in [2.05, 4.69) is 0 Å². The van der Waals surface area contributed by atoms with Gasteiger partial charge in [0.25, 0.3) is 0 Å². The van der Waals surface area contributed by atoms with Crippen LogP contribution in [-0.4, -0.2) is 36.7 Å². The maximum Gasteiger partial charge on any atom is 0.191 e. The minimum atomic E-state index is -1.43. The van der Waals surface area contributed by atoms with Crippen molar-refractivity contribution in [3.05, 3.63) is 0 Å². The Labute approximate surface area is 74.9 Å². The van der Waals surface area contributed by atoms with Gasteiger partial charge in [-0.3, -0.25) is 0 Å². The SMILES string of the molecule is CC1(C)OC2OC(C=O)C(F)[C@H]2O1. The number of aldehydes is 1. The second kappa shape index (κ2) is 2.73. The fourth-order valence-corrected chi connectivity index (χ4v) is 1.60. The predicted octanol–water partition coefficient (Wildman–Crippen LogP) is 0.400. The summed E-state index contributed by atoms with van der Waals surface area (Å²) in [4.78, 5) is 10.3. The number of carbonyl (C=O) groups excluding carboxylic acids is 1. The van der Waals surface area contributed by atoms with Crippen molar-refractivity contribution in [3.63, 3.8) is 0 Å². The van der Waals surface area contributed by atoms with Crippen molar-refractivity contribution in [2.45, 2.75) is 44.3 Å². The van der Waals surface area contributed by atoms with Crippen LogP contribution in [0.25, 0.3) is 0 Å². The standard InChI is InChI=1S/C8H11FO4/c1-8(2)12-6-5(9)4(3-10)11-7(6)13-8/h3-7H,1-2H3/t4?,5?,6-,7?/m1/s1. The van der Waals surface area contributed by atoms with Crippen LogP contribution in [0.15, 0.2) is 0 Å². The van der Waals surface area contributed by atoms with E-state index in [1.807, 2.05) is 0 Å². The summed E-state index contributed by atoms with van der Waals surface area (Å²) in [5.41, 5.74) is 0. The lowest BCUT2D eigenvalue weighted by molar-refractivity contribution is -0.208. The third-order valence-corrected chi connectivity index (χ3v) is 2.14. The third-order valence-electron chi connectivity index (χ3n) is 2.14. The summed E-state index contributed by atoms with van der Waals surface area (Å²) >= 11 is 0. The quantitative estimate of drug-likeness (QED) is 0.561. The average molecular weight is 190 g/mol. The molecule has 2 heterocycles. The van der Waals surface area contributed by atoms with E-state index < -0.39 is 30.5 Å². The summed E-state index contributed by atoms with van der Waals surface area (Å²) in [7, 11) is 0. The van der Waals surface area contributed by atoms with Gasteiger partial charge in [0.1, 0.15) is 12.2 Å². The van der Waals surface area contributed by atoms with Gasteiger partial charge in [0.2, 0.25) is 0 Å². The molecule has 0 aromatic heterocycles. The van der Waals surface area contributed by atoms with Crippen LogP contribution in [0, 0.1) is 0 Å². The van der Waals surface area contributed by atoms with Crippen LogP contribution in [0.2, 0.25) is 0 Å². The minimum Gasteiger partial charge on any atom is -0.339 e. The molecule has 0 amide bonds. The van der Waals surface area contributed by atoms with Gasteiger partial charge in [0, 0.05) is 0 Å². The largest absolute Gasteiger partial charge is 0.339 e. The molecule has 0 saturated carbocycles. The molecule has 3 unspecified atom stereocenters. The van der Waals surface area contributed by atoms with Gasteiger partial charge in [-0.05, 0) is 13.8 Å². The van der Waals surface area contributed by atoms with Gasteiger partial charge in [0.15, 0.2) is 24.5 Å². The molecule has 2 rings (SSSR count). The summed E-state index contributed by atoms with van der Waals surface area (Å²) in [5, 5.41) is 0. The lowest BCUT2D eigenvalue weighted by atomic mass is 10.2. The second-order valence-corrected chi connectivity index (χ2v) is 3.65. The predicted molar refractivity (Wildman–Crippen MR) is 39.7 cm³/mol. The van der Waals surface area contributed by atoms with Gasteiger partial charge in [0.05, 0.1) is 0 Å². The first-order valence-electron chi connectivity index (χ1n) is 4.14.